The Labute approximate surface area is 123 Å². The first-order valence-corrected chi connectivity index (χ1v) is 6.98. The summed E-state index contributed by atoms with van der Waals surface area (Å²) < 4.78 is 1.83. The van der Waals surface area contributed by atoms with Gasteiger partial charge in [-0.2, -0.15) is 0 Å². The van der Waals surface area contributed by atoms with E-state index in [4.69, 9.17) is 12.2 Å². The number of aromatic nitrogens is 1. The van der Waals surface area contributed by atoms with Crippen LogP contribution < -0.4 is 5.32 Å². The average molecular weight is 290 g/mol. The molecule has 1 heterocycles. The van der Waals surface area contributed by atoms with E-state index in [1.54, 1.807) is 0 Å². The lowest BCUT2D eigenvalue weighted by atomic mass is 10.2. The normalized spacial score (nSPS) is 11.6. The summed E-state index contributed by atoms with van der Waals surface area (Å²) in [5.41, 5.74) is 1.39. The molecular weight excluding hydrogens is 272 g/mol. The van der Waals surface area contributed by atoms with Gasteiger partial charge < -0.3 is 15.0 Å². The minimum atomic E-state index is 0.115. The Morgan fingerprint density at radius 2 is 2.10 bits per heavy atom. The molecule has 0 aliphatic heterocycles. The third-order valence-electron chi connectivity index (χ3n) is 2.94. The van der Waals surface area contributed by atoms with E-state index < -0.39 is 0 Å². The number of para-hydroxylation sites is 1. The third kappa shape index (κ3) is 2.65. The van der Waals surface area contributed by atoms with Crippen LogP contribution in [-0.4, -0.2) is 21.3 Å². The van der Waals surface area contributed by atoms with Crippen molar-refractivity contribution in [3.63, 3.8) is 0 Å². The van der Waals surface area contributed by atoms with Gasteiger partial charge in [0.25, 0.3) is 0 Å². The van der Waals surface area contributed by atoms with Gasteiger partial charge in [0.1, 0.15) is 0 Å². The zero-order valence-corrected chi connectivity index (χ0v) is 12.6. The summed E-state index contributed by atoms with van der Waals surface area (Å²) in [7, 11) is 0. The van der Waals surface area contributed by atoms with Crippen LogP contribution in [-0.2, 0) is 0 Å². The number of nitrogens with zero attached hydrogens (tertiary/aromatic N) is 3. The smallest absolute Gasteiger partial charge is 0.221 e. The highest BCUT2D eigenvalue weighted by Crippen LogP contribution is 2.40. The van der Waals surface area contributed by atoms with Crippen molar-refractivity contribution in [3.8, 4) is 5.88 Å². The van der Waals surface area contributed by atoms with E-state index >= 15 is 0 Å². The fourth-order valence-corrected chi connectivity index (χ4v) is 2.32. The molecule has 20 heavy (non-hydrogen) atoms. The van der Waals surface area contributed by atoms with E-state index in [0.717, 1.165) is 10.9 Å². The minimum Gasteiger partial charge on any atom is -0.493 e. The highest BCUT2D eigenvalue weighted by Gasteiger charge is 2.17. The van der Waals surface area contributed by atoms with Crippen molar-refractivity contribution < 1.29 is 5.11 Å². The molecular formula is C14H18N4OS. The minimum absolute atomic E-state index is 0.115. The number of aromatic hydroxyl groups is 1. The lowest BCUT2D eigenvalue weighted by Crippen LogP contribution is -2.17. The lowest BCUT2D eigenvalue weighted by molar-refractivity contribution is 0.407. The second-order valence-corrected chi connectivity index (χ2v) is 5.08. The molecule has 0 amide bonds. The molecule has 0 atom stereocenters. The van der Waals surface area contributed by atoms with Crippen LogP contribution in [0.5, 0.6) is 5.88 Å². The molecule has 0 bridgehead atoms. The Balaban J connectivity index is 2.53. The maximum Gasteiger partial charge on any atom is 0.221 e. The van der Waals surface area contributed by atoms with E-state index in [-0.39, 0.29) is 11.9 Å². The molecule has 0 aliphatic rings. The van der Waals surface area contributed by atoms with Crippen molar-refractivity contribution in [2.45, 2.75) is 26.8 Å². The predicted molar refractivity (Wildman–Crippen MR) is 84.8 cm³/mol. The quantitative estimate of drug-likeness (QED) is 0.665. The zero-order chi connectivity index (χ0) is 14.7. The molecule has 6 heteroatoms. The highest BCUT2D eigenvalue weighted by molar-refractivity contribution is 7.80. The Morgan fingerprint density at radius 1 is 1.40 bits per heavy atom. The molecule has 0 aliphatic carbocycles. The first kappa shape index (κ1) is 14.5. The van der Waals surface area contributed by atoms with Gasteiger partial charge in [0.15, 0.2) is 5.69 Å². The number of rotatable bonds is 3. The Hall–Kier alpha value is -1.95. The van der Waals surface area contributed by atoms with Crippen LogP contribution in [0.1, 0.15) is 26.8 Å². The van der Waals surface area contributed by atoms with E-state index in [1.807, 2.05) is 49.6 Å². The van der Waals surface area contributed by atoms with Crippen molar-refractivity contribution in [2.24, 2.45) is 10.2 Å². The third-order valence-corrected chi connectivity index (χ3v) is 3.17. The second-order valence-electron chi connectivity index (χ2n) is 4.69. The van der Waals surface area contributed by atoms with Gasteiger partial charge in [0.05, 0.1) is 5.52 Å². The van der Waals surface area contributed by atoms with Gasteiger partial charge in [-0.3, -0.25) is 0 Å². The van der Waals surface area contributed by atoms with Crippen molar-refractivity contribution in [1.82, 2.24) is 9.88 Å². The Morgan fingerprint density at radius 3 is 2.75 bits per heavy atom. The van der Waals surface area contributed by atoms with E-state index in [0.29, 0.717) is 17.3 Å². The van der Waals surface area contributed by atoms with Crippen LogP contribution in [0.3, 0.4) is 0 Å². The summed E-state index contributed by atoms with van der Waals surface area (Å²) in [6.07, 6.45) is 0. The molecule has 106 valence electrons. The van der Waals surface area contributed by atoms with Gasteiger partial charge in [0, 0.05) is 18.0 Å². The summed E-state index contributed by atoms with van der Waals surface area (Å²) in [6.45, 7) is 6.65. The van der Waals surface area contributed by atoms with Gasteiger partial charge in [-0.15, -0.1) is 10.2 Å². The van der Waals surface area contributed by atoms with Gasteiger partial charge >= 0.3 is 0 Å². The molecule has 5 nitrogen and oxygen atoms in total. The van der Waals surface area contributed by atoms with Crippen molar-refractivity contribution in [2.75, 3.05) is 6.54 Å². The largest absolute Gasteiger partial charge is 0.493 e. The molecule has 0 saturated heterocycles. The molecule has 1 aromatic carbocycles. The fourth-order valence-electron chi connectivity index (χ4n) is 2.14. The number of azo groups is 1. The van der Waals surface area contributed by atoms with Crippen LogP contribution in [0.4, 0.5) is 5.69 Å². The van der Waals surface area contributed by atoms with Gasteiger partial charge in [0.2, 0.25) is 11.0 Å². The number of hydrogen-bond donors (Lipinski definition) is 2. The SMILES string of the molecule is CCNC(=S)N=Nc1c(O)n(C(C)C)c2ccccc12. The second kappa shape index (κ2) is 6.00. The molecule has 0 saturated carbocycles. The summed E-state index contributed by atoms with van der Waals surface area (Å²) in [5, 5.41) is 22.5. The van der Waals surface area contributed by atoms with Crippen molar-refractivity contribution in [3.05, 3.63) is 24.3 Å². The van der Waals surface area contributed by atoms with Crippen molar-refractivity contribution >= 4 is 33.9 Å². The molecule has 2 aromatic rings. The topological polar surface area (TPSA) is 61.9 Å². The van der Waals surface area contributed by atoms with E-state index in [2.05, 4.69) is 15.5 Å². The van der Waals surface area contributed by atoms with Crippen LogP contribution in [0, 0.1) is 0 Å². The standard InChI is InChI=1S/C14H18N4OS/c1-4-15-14(20)17-16-12-10-7-5-6-8-11(10)18(9(2)3)13(12)19/h5-9,19H,4H2,1-3H3,(H,15,20). The fraction of sp³-hybridized carbons (Fsp3) is 0.357. The van der Waals surface area contributed by atoms with Gasteiger partial charge in [-0.25, -0.2) is 0 Å². The molecule has 0 spiro atoms. The number of fused-ring (bicyclic) bond motifs is 1. The number of hydrogen-bond acceptors (Lipinski definition) is 3. The van der Waals surface area contributed by atoms with Gasteiger partial charge in [-0.05, 0) is 39.1 Å². The molecule has 0 radical (unpaired) electrons. The maximum atomic E-state index is 10.4. The number of nitrogens with one attached hydrogen (secondary N) is 1. The Kier molecular flexibility index (Phi) is 4.34. The molecule has 0 fully saturated rings. The van der Waals surface area contributed by atoms with Gasteiger partial charge in [-0.1, -0.05) is 18.2 Å². The van der Waals surface area contributed by atoms with E-state index in [9.17, 15) is 5.11 Å². The molecule has 2 rings (SSSR count). The van der Waals surface area contributed by atoms with Crippen LogP contribution in [0.15, 0.2) is 34.5 Å². The predicted octanol–water partition coefficient (Wildman–Crippen LogP) is 3.91. The lowest BCUT2D eigenvalue weighted by Gasteiger charge is -2.10. The highest BCUT2D eigenvalue weighted by atomic mass is 32.1. The Bertz CT molecular complexity index is 660. The first-order valence-electron chi connectivity index (χ1n) is 6.57. The molecule has 1 aromatic heterocycles. The van der Waals surface area contributed by atoms with Crippen LogP contribution in [0.25, 0.3) is 10.9 Å². The molecule has 2 N–H and O–H groups in total. The maximum absolute atomic E-state index is 10.4. The summed E-state index contributed by atoms with van der Waals surface area (Å²) in [6, 6.07) is 7.85. The summed E-state index contributed by atoms with van der Waals surface area (Å²) in [5.74, 6) is 0.115. The van der Waals surface area contributed by atoms with Crippen molar-refractivity contribution in [1.29, 1.82) is 0 Å². The number of benzene rings is 1. The monoisotopic (exact) mass is 290 g/mol. The molecule has 0 unspecified atom stereocenters. The van der Waals surface area contributed by atoms with Crippen LogP contribution in [0.2, 0.25) is 0 Å². The summed E-state index contributed by atoms with van der Waals surface area (Å²) >= 11 is 5.02. The van der Waals surface area contributed by atoms with Crippen LogP contribution >= 0.6 is 12.2 Å². The summed E-state index contributed by atoms with van der Waals surface area (Å²) in [4.78, 5) is 0. The van der Waals surface area contributed by atoms with E-state index in [1.165, 1.54) is 0 Å². The number of thiocarbonyl (C=S) groups is 1. The first-order chi connectivity index (χ1) is 9.56. The average Bonchev–Trinajstić information content (AvgIpc) is 2.68. The zero-order valence-electron chi connectivity index (χ0n) is 11.8.